The van der Waals surface area contributed by atoms with Gasteiger partial charge in [-0.2, -0.15) is 0 Å². The number of benzene rings is 4. The van der Waals surface area contributed by atoms with Gasteiger partial charge in [0, 0.05) is 16.6 Å². The van der Waals surface area contributed by atoms with E-state index in [9.17, 15) is 19.5 Å². The molecule has 4 aromatic carbocycles. The molecule has 4 aromatic rings. The quantitative estimate of drug-likeness (QED) is 0.317. The van der Waals surface area contributed by atoms with Gasteiger partial charge in [-0.25, -0.2) is 0 Å². The van der Waals surface area contributed by atoms with Crippen molar-refractivity contribution in [3.8, 4) is 5.75 Å². The maximum absolute atomic E-state index is 13.0. The molecule has 7 heteroatoms. The van der Waals surface area contributed by atoms with Crippen molar-refractivity contribution in [2.45, 2.75) is 6.42 Å². The molecular formula is C26H17ClN2O4. The minimum Gasteiger partial charge on any atom is -0.507 e. The fraction of sp³-hybridized carbons (Fsp3) is 0.0385. The first-order chi connectivity index (χ1) is 15.9. The Morgan fingerprint density at radius 3 is 2.42 bits per heavy atom. The highest BCUT2D eigenvalue weighted by Crippen LogP contribution is 2.40. The van der Waals surface area contributed by atoms with E-state index < -0.39 is 5.78 Å². The second kappa shape index (κ2) is 8.07. The van der Waals surface area contributed by atoms with Crippen LogP contribution in [0.1, 0.15) is 22.3 Å². The number of ketones is 1. The van der Waals surface area contributed by atoms with E-state index in [0.717, 1.165) is 10.8 Å². The monoisotopic (exact) mass is 456 g/mol. The number of aromatic hydroxyl groups is 1. The Morgan fingerprint density at radius 1 is 0.909 bits per heavy atom. The summed E-state index contributed by atoms with van der Waals surface area (Å²) >= 11 is 6.11. The first-order valence-corrected chi connectivity index (χ1v) is 10.6. The third-order valence-electron chi connectivity index (χ3n) is 5.58. The minimum atomic E-state index is -0.435. The van der Waals surface area contributed by atoms with E-state index in [1.165, 1.54) is 17.0 Å². The number of fused-ring (bicyclic) bond motifs is 3. The van der Waals surface area contributed by atoms with Crippen molar-refractivity contribution in [2.75, 3.05) is 10.2 Å². The molecule has 0 saturated carbocycles. The molecule has 0 radical (unpaired) electrons. The molecular weight excluding hydrogens is 440 g/mol. The smallest absolute Gasteiger partial charge is 0.241 e. The van der Waals surface area contributed by atoms with E-state index in [2.05, 4.69) is 5.32 Å². The summed E-state index contributed by atoms with van der Waals surface area (Å²) in [5.74, 6) is -1.41. The van der Waals surface area contributed by atoms with E-state index in [1.807, 2.05) is 30.3 Å². The van der Waals surface area contributed by atoms with Crippen molar-refractivity contribution in [3.05, 3.63) is 95.0 Å². The van der Waals surface area contributed by atoms with Crippen molar-refractivity contribution < 1.29 is 19.5 Å². The van der Waals surface area contributed by atoms with Gasteiger partial charge in [-0.1, -0.05) is 48.0 Å². The lowest BCUT2D eigenvalue weighted by atomic mass is 10.0. The number of halogens is 1. The zero-order chi connectivity index (χ0) is 23.1. The van der Waals surface area contributed by atoms with E-state index in [-0.39, 0.29) is 34.6 Å². The van der Waals surface area contributed by atoms with Gasteiger partial charge in [0.2, 0.25) is 11.8 Å². The van der Waals surface area contributed by atoms with Gasteiger partial charge in [-0.05, 0) is 47.9 Å². The number of carbonyl (C=O) groups is 3. The van der Waals surface area contributed by atoms with E-state index in [1.54, 1.807) is 36.4 Å². The molecule has 0 bridgehead atoms. The van der Waals surface area contributed by atoms with Crippen molar-refractivity contribution in [3.63, 3.8) is 0 Å². The molecule has 33 heavy (non-hydrogen) atoms. The first-order valence-electron chi connectivity index (χ1n) is 10.2. The van der Waals surface area contributed by atoms with Gasteiger partial charge >= 0.3 is 0 Å². The van der Waals surface area contributed by atoms with Gasteiger partial charge in [0.25, 0.3) is 0 Å². The summed E-state index contributed by atoms with van der Waals surface area (Å²) in [4.78, 5) is 39.8. The molecule has 0 aliphatic carbocycles. The SMILES string of the molecule is O=C1CC(=O)N(c2ccc(C(=O)c3c(O)cccc3Cl)cc2)c2ccc3ccccc3c2N1. The van der Waals surface area contributed by atoms with Gasteiger partial charge in [0.05, 0.1) is 22.0 Å². The minimum absolute atomic E-state index is 0.0179. The first kappa shape index (κ1) is 20.7. The van der Waals surface area contributed by atoms with Crippen LogP contribution >= 0.6 is 11.6 Å². The number of carbonyl (C=O) groups excluding carboxylic acids is 3. The van der Waals surface area contributed by atoms with Crippen LogP contribution in [0.4, 0.5) is 17.1 Å². The highest BCUT2D eigenvalue weighted by Gasteiger charge is 2.29. The lowest BCUT2D eigenvalue weighted by Gasteiger charge is -2.23. The summed E-state index contributed by atoms with van der Waals surface area (Å²) < 4.78 is 0. The molecule has 0 fully saturated rings. The normalized spacial score (nSPS) is 13.4. The largest absolute Gasteiger partial charge is 0.507 e. The Kier molecular flexibility index (Phi) is 5.07. The van der Waals surface area contributed by atoms with Gasteiger partial charge in [-0.15, -0.1) is 0 Å². The van der Waals surface area contributed by atoms with Crippen molar-refractivity contribution in [2.24, 2.45) is 0 Å². The topological polar surface area (TPSA) is 86.7 Å². The van der Waals surface area contributed by atoms with E-state index in [0.29, 0.717) is 22.6 Å². The summed E-state index contributed by atoms with van der Waals surface area (Å²) in [6, 6.07) is 22.2. The molecule has 0 unspecified atom stereocenters. The number of phenols is 1. The molecule has 5 rings (SSSR count). The molecule has 1 aliphatic heterocycles. The summed E-state index contributed by atoms with van der Waals surface area (Å²) in [7, 11) is 0. The number of hydrogen-bond acceptors (Lipinski definition) is 4. The molecule has 2 N–H and O–H groups in total. The van der Waals surface area contributed by atoms with Crippen LogP contribution < -0.4 is 10.2 Å². The Balaban J connectivity index is 1.58. The van der Waals surface area contributed by atoms with Crippen molar-refractivity contribution in [1.82, 2.24) is 0 Å². The Bertz CT molecular complexity index is 1430. The van der Waals surface area contributed by atoms with Crippen LogP contribution in [-0.2, 0) is 9.59 Å². The fourth-order valence-corrected chi connectivity index (χ4v) is 4.29. The van der Waals surface area contributed by atoms with Crippen LogP contribution in [0.5, 0.6) is 5.75 Å². The van der Waals surface area contributed by atoms with Crippen LogP contribution in [0.15, 0.2) is 78.9 Å². The lowest BCUT2D eigenvalue weighted by Crippen LogP contribution is -2.26. The molecule has 0 saturated heterocycles. The van der Waals surface area contributed by atoms with Crippen molar-refractivity contribution >= 4 is 57.0 Å². The Labute approximate surface area is 194 Å². The van der Waals surface area contributed by atoms with Gasteiger partial charge in [0.15, 0.2) is 5.78 Å². The van der Waals surface area contributed by atoms with Gasteiger partial charge < -0.3 is 10.4 Å². The maximum Gasteiger partial charge on any atom is 0.241 e. The fourth-order valence-electron chi connectivity index (χ4n) is 4.04. The predicted molar refractivity (Wildman–Crippen MR) is 127 cm³/mol. The number of nitrogens with one attached hydrogen (secondary N) is 1. The van der Waals surface area contributed by atoms with E-state index >= 15 is 0 Å². The molecule has 6 nitrogen and oxygen atoms in total. The van der Waals surface area contributed by atoms with Crippen LogP contribution in [0, 0.1) is 0 Å². The lowest BCUT2D eigenvalue weighted by molar-refractivity contribution is -0.124. The number of amides is 2. The zero-order valence-corrected chi connectivity index (χ0v) is 18.0. The third-order valence-corrected chi connectivity index (χ3v) is 5.89. The number of nitrogens with zero attached hydrogens (tertiary/aromatic N) is 1. The third kappa shape index (κ3) is 3.60. The second-order valence-electron chi connectivity index (χ2n) is 7.64. The maximum atomic E-state index is 13.0. The number of rotatable bonds is 3. The molecule has 0 spiro atoms. The predicted octanol–water partition coefficient (Wildman–Crippen LogP) is 5.44. The molecule has 2 amide bonds. The van der Waals surface area contributed by atoms with Gasteiger partial charge in [0.1, 0.15) is 12.2 Å². The molecule has 1 heterocycles. The summed E-state index contributed by atoms with van der Waals surface area (Å²) in [5.41, 5.74) is 1.94. The second-order valence-corrected chi connectivity index (χ2v) is 8.05. The van der Waals surface area contributed by atoms with E-state index in [4.69, 9.17) is 11.6 Å². The number of phenolic OH excluding ortho intramolecular Hbond substituents is 1. The van der Waals surface area contributed by atoms with Crippen molar-refractivity contribution in [1.29, 1.82) is 0 Å². The summed E-state index contributed by atoms with van der Waals surface area (Å²) in [6.45, 7) is 0. The van der Waals surface area contributed by atoms with Crippen LogP contribution in [0.3, 0.4) is 0 Å². The zero-order valence-electron chi connectivity index (χ0n) is 17.2. The molecule has 162 valence electrons. The highest BCUT2D eigenvalue weighted by molar-refractivity contribution is 6.35. The Morgan fingerprint density at radius 2 is 1.67 bits per heavy atom. The highest BCUT2D eigenvalue weighted by atomic mass is 35.5. The number of anilines is 3. The molecule has 1 aliphatic rings. The number of hydrogen-bond donors (Lipinski definition) is 2. The summed E-state index contributed by atoms with van der Waals surface area (Å²) in [6.07, 6.45) is -0.308. The van der Waals surface area contributed by atoms with Crippen LogP contribution in [0.25, 0.3) is 10.8 Å². The van der Waals surface area contributed by atoms with Gasteiger partial charge in [-0.3, -0.25) is 19.3 Å². The average molecular weight is 457 g/mol. The standard InChI is InChI=1S/C26H17ClN2O4/c27-19-6-3-7-21(30)24(19)26(33)16-8-11-17(12-9-16)29-20-13-10-15-4-1-2-5-18(15)25(20)28-22(31)14-23(29)32/h1-13,30H,14H2,(H,28,31). The average Bonchev–Trinajstić information content (AvgIpc) is 2.93. The molecule has 0 atom stereocenters. The van der Waals surface area contributed by atoms with Crippen LogP contribution in [0.2, 0.25) is 5.02 Å². The Hall–Kier alpha value is -4.16. The summed E-state index contributed by atoms with van der Waals surface area (Å²) in [5, 5.41) is 14.8. The molecule has 0 aromatic heterocycles. The van der Waals surface area contributed by atoms with Crippen LogP contribution in [-0.4, -0.2) is 22.7 Å².